The van der Waals surface area contributed by atoms with Crippen LogP contribution in [0.3, 0.4) is 0 Å². The minimum atomic E-state index is -0.581. The number of hydrogen-bond donors (Lipinski definition) is 0. The third-order valence-corrected chi connectivity index (χ3v) is 2.94. The van der Waals surface area contributed by atoms with Crippen LogP contribution in [0, 0.1) is 11.6 Å². The number of rotatable bonds is 4. The number of ether oxygens (including phenoxy) is 1. The van der Waals surface area contributed by atoms with Gasteiger partial charge in [0, 0.05) is 11.6 Å². The molecule has 0 aliphatic rings. The van der Waals surface area contributed by atoms with Gasteiger partial charge in [-0.25, -0.2) is 8.78 Å². The Morgan fingerprint density at radius 2 is 1.79 bits per heavy atom. The quantitative estimate of drug-likeness (QED) is 0.778. The van der Waals surface area contributed by atoms with Crippen LogP contribution in [-0.4, -0.2) is 0 Å². The number of benzene rings is 2. The van der Waals surface area contributed by atoms with Crippen LogP contribution in [0.5, 0.6) is 5.75 Å². The summed E-state index contributed by atoms with van der Waals surface area (Å²) in [6, 6.07) is 11.2. The summed E-state index contributed by atoms with van der Waals surface area (Å²) in [6.45, 7) is 4.23. The van der Waals surface area contributed by atoms with Gasteiger partial charge in [-0.1, -0.05) is 32.0 Å². The van der Waals surface area contributed by atoms with Crippen LogP contribution in [0.1, 0.15) is 30.9 Å². The van der Waals surface area contributed by atoms with Crippen molar-refractivity contribution in [2.45, 2.75) is 26.4 Å². The van der Waals surface area contributed by atoms with E-state index in [2.05, 4.69) is 13.8 Å². The fourth-order valence-corrected chi connectivity index (χ4v) is 1.88. The first-order chi connectivity index (χ1) is 9.08. The maximum atomic E-state index is 13.5. The number of hydrogen-bond acceptors (Lipinski definition) is 1. The van der Waals surface area contributed by atoms with Gasteiger partial charge in [0.05, 0.1) is 0 Å². The first-order valence-electron chi connectivity index (χ1n) is 6.23. The molecule has 0 unspecified atom stereocenters. The van der Waals surface area contributed by atoms with Gasteiger partial charge in [0.1, 0.15) is 24.0 Å². The summed E-state index contributed by atoms with van der Waals surface area (Å²) < 4.78 is 31.9. The van der Waals surface area contributed by atoms with Crippen molar-refractivity contribution >= 4 is 0 Å². The summed E-state index contributed by atoms with van der Waals surface area (Å²) in [4.78, 5) is 0. The molecule has 0 fully saturated rings. The maximum Gasteiger partial charge on any atom is 0.132 e. The highest BCUT2D eigenvalue weighted by Crippen LogP contribution is 2.26. The fraction of sp³-hybridized carbons (Fsp3) is 0.250. The van der Waals surface area contributed by atoms with Gasteiger partial charge in [0.2, 0.25) is 0 Å². The minimum Gasteiger partial charge on any atom is -0.489 e. The first kappa shape index (κ1) is 13.5. The molecule has 0 atom stereocenters. The van der Waals surface area contributed by atoms with Gasteiger partial charge in [0.25, 0.3) is 0 Å². The molecule has 2 aromatic carbocycles. The van der Waals surface area contributed by atoms with E-state index in [0.29, 0.717) is 11.5 Å². The standard InChI is InChI=1S/C16H16F2O/c1-11(2)14-5-3-4-6-16(14)19-10-12-7-8-13(17)9-15(12)18/h3-9,11H,10H2,1-2H3. The fourth-order valence-electron chi connectivity index (χ4n) is 1.88. The SMILES string of the molecule is CC(C)c1ccccc1OCc1ccc(F)cc1F. The molecule has 2 aromatic rings. The molecule has 0 heterocycles. The van der Waals surface area contributed by atoms with Crippen molar-refractivity contribution in [3.8, 4) is 5.75 Å². The number of para-hydroxylation sites is 1. The van der Waals surface area contributed by atoms with Crippen molar-refractivity contribution in [3.05, 3.63) is 65.2 Å². The third-order valence-electron chi connectivity index (χ3n) is 2.94. The van der Waals surface area contributed by atoms with Gasteiger partial charge < -0.3 is 4.74 Å². The van der Waals surface area contributed by atoms with Crippen molar-refractivity contribution in [2.75, 3.05) is 0 Å². The zero-order chi connectivity index (χ0) is 13.8. The van der Waals surface area contributed by atoms with E-state index in [1.54, 1.807) is 0 Å². The molecule has 0 aromatic heterocycles. The van der Waals surface area contributed by atoms with E-state index < -0.39 is 11.6 Å². The van der Waals surface area contributed by atoms with Crippen molar-refractivity contribution in [1.82, 2.24) is 0 Å². The van der Waals surface area contributed by atoms with Gasteiger partial charge in [-0.15, -0.1) is 0 Å². The highest BCUT2D eigenvalue weighted by atomic mass is 19.1. The second-order valence-corrected chi connectivity index (χ2v) is 4.72. The predicted molar refractivity (Wildman–Crippen MR) is 71.2 cm³/mol. The van der Waals surface area contributed by atoms with Crippen LogP contribution < -0.4 is 4.74 Å². The van der Waals surface area contributed by atoms with E-state index >= 15 is 0 Å². The highest BCUT2D eigenvalue weighted by Gasteiger charge is 2.09. The predicted octanol–water partition coefficient (Wildman–Crippen LogP) is 4.67. The third kappa shape index (κ3) is 3.31. The monoisotopic (exact) mass is 262 g/mol. The van der Waals surface area contributed by atoms with E-state index in [4.69, 9.17) is 4.74 Å². The van der Waals surface area contributed by atoms with Gasteiger partial charge in [0.15, 0.2) is 0 Å². The molecular weight excluding hydrogens is 246 g/mol. The molecule has 0 aliphatic carbocycles. The van der Waals surface area contributed by atoms with Crippen molar-refractivity contribution in [1.29, 1.82) is 0 Å². The molecule has 0 radical (unpaired) electrons. The molecule has 0 amide bonds. The van der Waals surface area contributed by atoms with Gasteiger partial charge in [-0.3, -0.25) is 0 Å². The molecule has 19 heavy (non-hydrogen) atoms. The molecular formula is C16H16F2O. The molecule has 100 valence electrons. The topological polar surface area (TPSA) is 9.23 Å². The largest absolute Gasteiger partial charge is 0.489 e. The molecule has 2 rings (SSSR count). The zero-order valence-electron chi connectivity index (χ0n) is 11.0. The second kappa shape index (κ2) is 5.83. The summed E-state index contributed by atoms with van der Waals surface area (Å²) in [5.41, 5.74) is 1.42. The van der Waals surface area contributed by atoms with Crippen molar-refractivity contribution in [2.24, 2.45) is 0 Å². The van der Waals surface area contributed by atoms with E-state index in [0.717, 1.165) is 17.4 Å². The average Bonchev–Trinajstić information content (AvgIpc) is 2.38. The zero-order valence-corrected chi connectivity index (χ0v) is 11.0. The van der Waals surface area contributed by atoms with Crippen LogP contribution in [0.2, 0.25) is 0 Å². The number of halogens is 2. The molecule has 0 aliphatic heterocycles. The Morgan fingerprint density at radius 1 is 1.05 bits per heavy atom. The van der Waals surface area contributed by atoms with Crippen LogP contribution in [-0.2, 0) is 6.61 Å². The Balaban J connectivity index is 2.14. The van der Waals surface area contributed by atoms with E-state index in [1.165, 1.54) is 12.1 Å². The minimum absolute atomic E-state index is 0.0931. The van der Waals surface area contributed by atoms with Crippen LogP contribution in [0.15, 0.2) is 42.5 Å². The van der Waals surface area contributed by atoms with Gasteiger partial charge in [-0.05, 0) is 29.7 Å². The Kier molecular flexibility index (Phi) is 4.15. The molecule has 3 heteroatoms. The lowest BCUT2D eigenvalue weighted by atomic mass is 10.0. The van der Waals surface area contributed by atoms with Crippen LogP contribution >= 0.6 is 0 Å². The Labute approximate surface area is 111 Å². The molecule has 1 nitrogen and oxygen atoms in total. The normalized spacial score (nSPS) is 10.8. The first-order valence-corrected chi connectivity index (χ1v) is 6.23. The lowest BCUT2D eigenvalue weighted by molar-refractivity contribution is 0.295. The highest BCUT2D eigenvalue weighted by molar-refractivity contribution is 5.35. The summed E-state index contributed by atoms with van der Waals surface area (Å²) in [5, 5.41) is 0. The van der Waals surface area contributed by atoms with E-state index in [1.807, 2.05) is 24.3 Å². The Morgan fingerprint density at radius 3 is 2.47 bits per heavy atom. The van der Waals surface area contributed by atoms with Crippen molar-refractivity contribution in [3.63, 3.8) is 0 Å². The van der Waals surface area contributed by atoms with Crippen LogP contribution in [0.4, 0.5) is 8.78 Å². The van der Waals surface area contributed by atoms with Gasteiger partial charge in [-0.2, -0.15) is 0 Å². The molecule has 0 spiro atoms. The second-order valence-electron chi connectivity index (χ2n) is 4.72. The lowest BCUT2D eigenvalue weighted by Crippen LogP contribution is -2.02. The lowest BCUT2D eigenvalue weighted by Gasteiger charge is -2.14. The summed E-state index contributed by atoms with van der Waals surface area (Å²) in [7, 11) is 0. The smallest absolute Gasteiger partial charge is 0.132 e. The van der Waals surface area contributed by atoms with E-state index in [-0.39, 0.29) is 6.61 Å². The van der Waals surface area contributed by atoms with Gasteiger partial charge >= 0.3 is 0 Å². The maximum absolute atomic E-state index is 13.5. The van der Waals surface area contributed by atoms with Crippen molar-refractivity contribution < 1.29 is 13.5 Å². The summed E-state index contributed by atoms with van der Waals surface area (Å²) in [6.07, 6.45) is 0. The Hall–Kier alpha value is -1.90. The molecule has 0 bridgehead atoms. The Bertz CT molecular complexity index is 564. The van der Waals surface area contributed by atoms with E-state index in [9.17, 15) is 8.78 Å². The molecule has 0 saturated heterocycles. The molecule has 0 N–H and O–H groups in total. The average molecular weight is 262 g/mol. The molecule has 0 saturated carbocycles. The van der Waals surface area contributed by atoms with Crippen LogP contribution in [0.25, 0.3) is 0 Å². The summed E-state index contributed by atoms with van der Waals surface area (Å²) >= 11 is 0. The summed E-state index contributed by atoms with van der Waals surface area (Å²) in [5.74, 6) is -0.0960.